The van der Waals surface area contributed by atoms with Crippen LogP contribution in [0, 0.1) is 17.2 Å². The van der Waals surface area contributed by atoms with E-state index in [1.165, 1.54) is 12.1 Å². The highest BCUT2D eigenvalue weighted by Gasteiger charge is 2.72. The lowest BCUT2D eigenvalue weighted by Crippen LogP contribution is -2.78. The van der Waals surface area contributed by atoms with E-state index >= 15 is 0 Å². The number of benzene rings is 1. The van der Waals surface area contributed by atoms with Crippen LogP contribution in [0.2, 0.25) is 5.02 Å². The van der Waals surface area contributed by atoms with Gasteiger partial charge in [0.2, 0.25) is 5.91 Å². The minimum absolute atomic E-state index is 0.000892. The van der Waals surface area contributed by atoms with Gasteiger partial charge in [-0.3, -0.25) is 9.59 Å². The lowest BCUT2D eigenvalue weighted by atomic mass is 9.39. The Morgan fingerprint density at radius 2 is 2.15 bits per heavy atom. The van der Waals surface area contributed by atoms with Crippen molar-refractivity contribution >= 4 is 23.4 Å². The van der Waals surface area contributed by atoms with Crippen LogP contribution >= 0.6 is 11.6 Å². The van der Waals surface area contributed by atoms with Crippen LogP contribution < -0.4 is 20.9 Å². The summed E-state index contributed by atoms with van der Waals surface area (Å²) in [5, 5.41) is 5.93. The van der Waals surface area contributed by atoms with Crippen LogP contribution in [0.1, 0.15) is 19.3 Å². The van der Waals surface area contributed by atoms with Gasteiger partial charge in [-0.1, -0.05) is 11.6 Å². The van der Waals surface area contributed by atoms with E-state index in [4.69, 9.17) is 21.2 Å². The Morgan fingerprint density at radius 1 is 1.37 bits per heavy atom. The Labute approximate surface area is 160 Å². The van der Waals surface area contributed by atoms with E-state index in [0.29, 0.717) is 38.3 Å². The first-order valence-electron chi connectivity index (χ1n) is 8.92. The predicted molar refractivity (Wildman–Crippen MR) is 94.5 cm³/mol. The number of nitrogens with one attached hydrogen (secondary N) is 3. The average molecular weight is 398 g/mol. The zero-order valence-corrected chi connectivity index (χ0v) is 15.4. The van der Waals surface area contributed by atoms with E-state index in [1.54, 1.807) is 0 Å². The molecular formula is C18H21ClFN3O4. The molecule has 1 atom stereocenters. The van der Waals surface area contributed by atoms with Crippen LogP contribution in [0.25, 0.3) is 0 Å². The summed E-state index contributed by atoms with van der Waals surface area (Å²) in [6, 6.07) is 4.02. The second-order valence-electron chi connectivity index (χ2n) is 7.74. The first-order valence-corrected chi connectivity index (χ1v) is 9.29. The molecule has 1 saturated heterocycles. The predicted octanol–water partition coefficient (Wildman–Crippen LogP) is 1.16. The van der Waals surface area contributed by atoms with Gasteiger partial charge < -0.3 is 20.2 Å². The second kappa shape index (κ2) is 6.92. The van der Waals surface area contributed by atoms with Crippen molar-refractivity contribution < 1.29 is 23.6 Å². The Morgan fingerprint density at radius 3 is 2.81 bits per heavy atom. The first-order chi connectivity index (χ1) is 12.9. The molecule has 3 saturated carbocycles. The average Bonchev–Trinajstić information content (AvgIpc) is 3.09. The molecule has 1 unspecified atom stereocenters. The fourth-order valence-electron chi connectivity index (χ4n) is 4.18. The first kappa shape index (κ1) is 18.5. The SMILES string of the molecule is O=C(COc1ccc(Cl)c(F)c1)NC12CC(C(=O)NCC3CNOC3)(C1)C2. The second-order valence-corrected chi connectivity index (χ2v) is 8.15. The summed E-state index contributed by atoms with van der Waals surface area (Å²) < 4.78 is 18.7. The van der Waals surface area contributed by atoms with Crippen molar-refractivity contribution in [2.75, 3.05) is 26.3 Å². The van der Waals surface area contributed by atoms with Crippen molar-refractivity contribution in [2.24, 2.45) is 11.3 Å². The van der Waals surface area contributed by atoms with Gasteiger partial charge in [0.15, 0.2) is 6.61 Å². The number of hydrogen-bond acceptors (Lipinski definition) is 5. The Bertz CT molecular complexity index is 749. The molecule has 1 aliphatic heterocycles. The van der Waals surface area contributed by atoms with Gasteiger partial charge >= 0.3 is 0 Å². The topological polar surface area (TPSA) is 88.7 Å². The fourth-order valence-corrected chi connectivity index (χ4v) is 4.29. The normalized spacial score (nSPS) is 30.8. The summed E-state index contributed by atoms with van der Waals surface area (Å²) in [4.78, 5) is 29.5. The molecule has 4 fully saturated rings. The van der Waals surface area contributed by atoms with Gasteiger partial charge in [-0.2, -0.15) is 0 Å². The molecule has 1 aromatic rings. The summed E-state index contributed by atoms with van der Waals surface area (Å²) in [5.74, 6) is -0.288. The molecule has 0 aromatic heterocycles. The number of carbonyl (C=O) groups excluding carboxylic acids is 2. The quantitative estimate of drug-likeness (QED) is 0.642. The van der Waals surface area contributed by atoms with E-state index in [2.05, 4.69) is 16.1 Å². The van der Waals surface area contributed by atoms with Gasteiger partial charge in [0.05, 0.1) is 17.0 Å². The van der Waals surface area contributed by atoms with Crippen molar-refractivity contribution in [3.05, 3.63) is 29.0 Å². The van der Waals surface area contributed by atoms with Crippen LogP contribution in [0.3, 0.4) is 0 Å². The molecule has 2 bridgehead atoms. The molecule has 146 valence electrons. The molecule has 27 heavy (non-hydrogen) atoms. The van der Waals surface area contributed by atoms with Crippen LogP contribution in [0.4, 0.5) is 4.39 Å². The molecule has 3 aliphatic carbocycles. The van der Waals surface area contributed by atoms with Crippen LogP contribution in [0.15, 0.2) is 18.2 Å². The van der Waals surface area contributed by atoms with Crippen LogP contribution in [0.5, 0.6) is 5.75 Å². The molecule has 9 heteroatoms. The zero-order valence-electron chi connectivity index (χ0n) is 14.6. The number of rotatable bonds is 7. The summed E-state index contributed by atoms with van der Waals surface area (Å²) in [6.45, 7) is 1.73. The minimum atomic E-state index is -0.595. The molecule has 4 aliphatic rings. The monoisotopic (exact) mass is 397 g/mol. The number of hydroxylamine groups is 1. The lowest BCUT2D eigenvalue weighted by Gasteiger charge is -2.69. The number of ether oxygens (including phenoxy) is 1. The summed E-state index contributed by atoms with van der Waals surface area (Å²) in [6.07, 6.45) is 1.94. The summed E-state index contributed by atoms with van der Waals surface area (Å²) in [5.41, 5.74) is 2.14. The van der Waals surface area contributed by atoms with Crippen molar-refractivity contribution in [3.8, 4) is 5.75 Å². The third kappa shape index (κ3) is 3.61. The van der Waals surface area contributed by atoms with Gasteiger partial charge in [0.1, 0.15) is 11.6 Å². The molecule has 1 heterocycles. The van der Waals surface area contributed by atoms with Gasteiger partial charge in [0.25, 0.3) is 5.91 Å². The maximum atomic E-state index is 13.4. The van der Waals surface area contributed by atoms with Crippen molar-refractivity contribution in [1.82, 2.24) is 16.1 Å². The van der Waals surface area contributed by atoms with Crippen molar-refractivity contribution in [1.29, 1.82) is 0 Å². The number of halogens is 2. The van der Waals surface area contributed by atoms with Crippen LogP contribution in [-0.4, -0.2) is 43.7 Å². The standard InChI is InChI=1S/C18H21ClFN3O4/c19-13-2-1-12(3-14(13)20)26-7-15(24)23-18-8-17(9-18,10-18)16(25)21-4-11-5-22-27-6-11/h1-3,11,22H,4-10H2,(H,21,25)(H,23,24). The molecule has 0 radical (unpaired) electrons. The van der Waals surface area contributed by atoms with E-state index < -0.39 is 5.82 Å². The number of amides is 2. The highest BCUT2D eigenvalue weighted by Crippen LogP contribution is 2.67. The molecule has 2 amide bonds. The smallest absolute Gasteiger partial charge is 0.258 e. The van der Waals surface area contributed by atoms with E-state index in [1.807, 2.05) is 0 Å². The molecule has 0 spiro atoms. The van der Waals surface area contributed by atoms with Gasteiger partial charge in [-0.25, -0.2) is 9.87 Å². The van der Waals surface area contributed by atoms with E-state index in [9.17, 15) is 14.0 Å². The van der Waals surface area contributed by atoms with Gasteiger partial charge in [0, 0.05) is 30.6 Å². The maximum Gasteiger partial charge on any atom is 0.258 e. The van der Waals surface area contributed by atoms with E-state index in [-0.39, 0.29) is 40.1 Å². The molecular weight excluding hydrogens is 377 g/mol. The third-order valence-electron chi connectivity index (χ3n) is 5.52. The lowest BCUT2D eigenvalue weighted by molar-refractivity contribution is -0.184. The van der Waals surface area contributed by atoms with Crippen LogP contribution in [-0.2, 0) is 14.4 Å². The summed E-state index contributed by atoms with van der Waals surface area (Å²) in [7, 11) is 0. The largest absolute Gasteiger partial charge is 0.484 e. The van der Waals surface area contributed by atoms with Crippen molar-refractivity contribution in [2.45, 2.75) is 24.8 Å². The minimum Gasteiger partial charge on any atom is -0.484 e. The summed E-state index contributed by atoms with van der Waals surface area (Å²) >= 11 is 5.61. The zero-order chi connectivity index (χ0) is 19.1. The fraction of sp³-hybridized carbons (Fsp3) is 0.556. The number of hydrogen-bond donors (Lipinski definition) is 3. The highest BCUT2D eigenvalue weighted by atomic mass is 35.5. The Kier molecular flexibility index (Phi) is 4.73. The van der Waals surface area contributed by atoms with Gasteiger partial charge in [-0.05, 0) is 31.4 Å². The third-order valence-corrected chi connectivity index (χ3v) is 5.83. The van der Waals surface area contributed by atoms with E-state index in [0.717, 1.165) is 12.6 Å². The molecule has 1 aromatic carbocycles. The molecule has 5 rings (SSSR count). The Hall–Kier alpha value is -1.90. The maximum absolute atomic E-state index is 13.4. The molecule has 7 nitrogen and oxygen atoms in total. The van der Waals surface area contributed by atoms with Gasteiger partial charge in [-0.15, -0.1) is 0 Å². The number of carbonyl (C=O) groups is 2. The Balaban J connectivity index is 1.19. The highest BCUT2D eigenvalue weighted by molar-refractivity contribution is 6.30. The molecule has 3 N–H and O–H groups in total. The van der Waals surface area contributed by atoms with Crippen molar-refractivity contribution in [3.63, 3.8) is 0 Å².